The highest BCUT2D eigenvalue weighted by molar-refractivity contribution is 7.90. The van der Waals surface area contributed by atoms with Crippen molar-refractivity contribution in [2.24, 2.45) is 5.92 Å². The number of piperidine rings is 1. The van der Waals surface area contributed by atoms with Crippen LogP contribution in [0.2, 0.25) is 0 Å². The van der Waals surface area contributed by atoms with E-state index < -0.39 is 10.0 Å². The number of hydrogen-bond donors (Lipinski definition) is 2. The van der Waals surface area contributed by atoms with Gasteiger partial charge >= 0.3 is 0 Å². The molecule has 2 heterocycles. The number of hydrogen-bond acceptors (Lipinski definition) is 4. The molecule has 2 atom stereocenters. The molecule has 0 spiro atoms. The van der Waals surface area contributed by atoms with Gasteiger partial charge in [0.1, 0.15) is 0 Å². The Morgan fingerprint density at radius 1 is 1.06 bits per heavy atom. The lowest BCUT2D eigenvalue weighted by Gasteiger charge is -2.26. The first-order valence-electron chi connectivity index (χ1n) is 7.00. The first-order valence-corrected chi connectivity index (χ1v) is 8.55. The summed E-state index contributed by atoms with van der Waals surface area (Å²) in [5.41, 5.74) is 0. The van der Waals surface area contributed by atoms with Crippen molar-refractivity contribution in [1.82, 2.24) is 10.0 Å². The van der Waals surface area contributed by atoms with Crippen molar-refractivity contribution in [3.63, 3.8) is 0 Å². The van der Waals surface area contributed by atoms with E-state index in [-0.39, 0.29) is 17.4 Å². The van der Waals surface area contributed by atoms with Crippen molar-refractivity contribution >= 4 is 10.0 Å². The Morgan fingerprint density at radius 2 is 1.78 bits per heavy atom. The quantitative estimate of drug-likeness (QED) is 0.770. The van der Waals surface area contributed by atoms with E-state index in [4.69, 9.17) is 4.74 Å². The summed E-state index contributed by atoms with van der Waals surface area (Å²) in [5.74, 6) is 0.591. The fourth-order valence-corrected chi connectivity index (χ4v) is 4.76. The minimum absolute atomic E-state index is 0.0115. The lowest BCUT2D eigenvalue weighted by molar-refractivity contribution is 0.0847. The van der Waals surface area contributed by atoms with Gasteiger partial charge in [0.05, 0.1) is 17.4 Å². The lowest BCUT2D eigenvalue weighted by Crippen LogP contribution is -2.48. The second-order valence-corrected chi connectivity index (χ2v) is 7.67. The van der Waals surface area contributed by atoms with E-state index >= 15 is 0 Å². The Kier molecular flexibility index (Phi) is 3.62. The van der Waals surface area contributed by atoms with Crippen LogP contribution in [0.25, 0.3) is 0 Å². The molecule has 2 N–H and O–H groups in total. The van der Waals surface area contributed by atoms with E-state index in [0.29, 0.717) is 12.5 Å². The fourth-order valence-electron chi connectivity index (χ4n) is 3.04. The maximum Gasteiger partial charge on any atom is 0.214 e. The van der Waals surface area contributed by atoms with E-state index in [0.717, 1.165) is 32.4 Å². The highest BCUT2D eigenvalue weighted by atomic mass is 32.2. The summed E-state index contributed by atoms with van der Waals surface area (Å²) in [6, 6.07) is 0.0115. The summed E-state index contributed by atoms with van der Waals surface area (Å²) >= 11 is 0. The zero-order valence-electron chi connectivity index (χ0n) is 10.6. The normalized spacial score (nSPS) is 34.9. The molecule has 104 valence electrons. The van der Waals surface area contributed by atoms with Crippen molar-refractivity contribution in [3.8, 4) is 0 Å². The third kappa shape index (κ3) is 2.71. The molecule has 1 aliphatic carbocycles. The molecule has 0 amide bonds. The van der Waals surface area contributed by atoms with Gasteiger partial charge in [-0.15, -0.1) is 0 Å². The lowest BCUT2D eigenvalue weighted by atomic mass is 10.1. The maximum atomic E-state index is 12.3. The molecule has 0 aromatic rings. The van der Waals surface area contributed by atoms with E-state index in [2.05, 4.69) is 10.0 Å². The largest absolute Gasteiger partial charge is 0.376 e. The molecule has 0 radical (unpaired) electrons. The predicted octanol–water partition coefficient (Wildman–Crippen LogP) is 0.225. The SMILES string of the molecule is O=S(=O)(NC1CCOC1C1CC1)C1CCNCC1. The van der Waals surface area contributed by atoms with Gasteiger partial charge in [0.2, 0.25) is 10.0 Å². The van der Waals surface area contributed by atoms with Crippen molar-refractivity contribution in [2.45, 2.75) is 49.5 Å². The number of nitrogens with one attached hydrogen (secondary N) is 2. The van der Waals surface area contributed by atoms with Crippen LogP contribution in [0.15, 0.2) is 0 Å². The molecule has 0 bridgehead atoms. The van der Waals surface area contributed by atoms with Gasteiger partial charge in [-0.2, -0.15) is 0 Å². The van der Waals surface area contributed by atoms with Gasteiger partial charge in [-0.25, -0.2) is 13.1 Å². The van der Waals surface area contributed by atoms with Crippen LogP contribution < -0.4 is 10.0 Å². The second kappa shape index (κ2) is 5.07. The van der Waals surface area contributed by atoms with Crippen LogP contribution in [0.5, 0.6) is 0 Å². The van der Waals surface area contributed by atoms with Gasteiger partial charge in [0.15, 0.2) is 0 Å². The van der Waals surface area contributed by atoms with Gasteiger partial charge in [-0.1, -0.05) is 0 Å². The molecule has 0 aromatic carbocycles. The smallest absolute Gasteiger partial charge is 0.214 e. The van der Waals surface area contributed by atoms with Crippen molar-refractivity contribution in [3.05, 3.63) is 0 Å². The van der Waals surface area contributed by atoms with Crippen molar-refractivity contribution < 1.29 is 13.2 Å². The minimum Gasteiger partial charge on any atom is -0.376 e. The van der Waals surface area contributed by atoms with Gasteiger partial charge in [0, 0.05) is 6.61 Å². The van der Waals surface area contributed by atoms with Crippen LogP contribution in [-0.2, 0) is 14.8 Å². The molecule has 2 aliphatic heterocycles. The fraction of sp³-hybridized carbons (Fsp3) is 1.00. The molecule has 2 saturated heterocycles. The topological polar surface area (TPSA) is 67.4 Å². The summed E-state index contributed by atoms with van der Waals surface area (Å²) in [5, 5.41) is 2.98. The summed E-state index contributed by atoms with van der Waals surface area (Å²) < 4.78 is 33.3. The number of rotatable bonds is 4. The standard InChI is InChI=1S/C12H22N2O3S/c15-18(16,10-3-6-13-7-4-10)14-11-5-8-17-12(11)9-1-2-9/h9-14H,1-8H2. The molecule has 2 unspecified atom stereocenters. The molecule has 3 rings (SSSR count). The van der Waals surface area contributed by atoms with E-state index in [1.54, 1.807) is 0 Å². The van der Waals surface area contributed by atoms with Crippen LogP contribution in [0, 0.1) is 5.92 Å². The van der Waals surface area contributed by atoms with Gasteiger partial charge < -0.3 is 10.1 Å². The van der Waals surface area contributed by atoms with Crippen molar-refractivity contribution in [2.75, 3.05) is 19.7 Å². The Balaban J connectivity index is 1.63. The van der Waals surface area contributed by atoms with Crippen LogP contribution in [-0.4, -0.2) is 45.5 Å². The summed E-state index contributed by atoms with van der Waals surface area (Å²) in [4.78, 5) is 0. The van der Waals surface area contributed by atoms with Gasteiger partial charge in [-0.3, -0.25) is 0 Å². The average molecular weight is 274 g/mol. The molecule has 5 nitrogen and oxygen atoms in total. The predicted molar refractivity (Wildman–Crippen MR) is 68.8 cm³/mol. The van der Waals surface area contributed by atoms with E-state index in [1.165, 1.54) is 12.8 Å². The minimum atomic E-state index is -3.18. The van der Waals surface area contributed by atoms with E-state index in [9.17, 15) is 8.42 Å². The average Bonchev–Trinajstić information content (AvgIpc) is 3.12. The Labute approximate surface area is 109 Å². The van der Waals surface area contributed by atoms with Crippen LogP contribution >= 0.6 is 0 Å². The molecule has 6 heteroatoms. The molecule has 1 saturated carbocycles. The highest BCUT2D eigenvalue weighted by Crippen LogP contribution is 2.39. The Morgan fingerprint density at radius 3 is 2.44 bits per heavy atom. The van der Waals surface area contributed by atoms with Crippen LogP contribution in [0.1, 0.15) is 32.1 Å². The first-order chi connectivity index (χ1) is 8.67. The third-order valence-corrected chi connectivity index (χ3v) is 6.24. The number of sulfonamides is 1. The van der Waals surface area contributed by atoms with Crippen LogP contribution in [0.3, 0.4) is 0 Å². The molecule has 3 aliphatic rings. The molecule has 18 heavy (non-hydrogen) atoms. The molecular formula is C12H22N2O3S. The van der Waals surface area contributed by atoms with Gasteiger partial charge in [0.25, 0.3) is 0 Å². The zero-order valence-corrected chi connectivity index (χ0v) is 11.4. The molecular weight excluding hydrogens is 252 g/mol. The van der Waals surface area contributed by atoms with E-state index in [1.807, 2.05) is 0 Å². The summed E-state index contributed by atoms with van der Waals surface area (Å²) in [6.07, 6.45) is 4.77. The maximum absolute atomic E-state index is 12.3. The molecule has 0 aromatic heterocycles. The third-order valence-electron chi connectivity index (χ3n) is 4.26. The monoisotopic (exact) mass is 274 g/mol. The highest BCUT2D eigenvalue weighted by Gasteiger charge is 2.43. The van der Waals surface area contributed by atoms with Gasteiger partial charge in [-0.05, 0) is 51.1 Å². The second-order valence-electron chi connectivity index (χ2n) is 5.68. The summed E-state index contributed by atoms with van der Waals surface area (Å²) in [7, 11) is -3.18. The zero-order chi connectivity index (χ0) is 12.6. The summed E-state index contributed by atoms with van der Waals surface area (Å²) in [6.45, 7) is 2.30. The van der Waals surface area contributed by atoms with Crippen LogP contribution in [0.4, 0.5) is 0 Å². The first kappa shape index (κ1) is 12.8. The molecule has 3 fully saturated rings. The Hall–Kier alpha value is -0.170. The number of ether oxygens (including phenoxy) is 1. The van der Waals surface area contributed by atoms with Crippen molar-refractivity contribution in [1.29, 1.82) is 0 Å². The Bertz CT molecular complexity index is 388.